The summed E-state index contributed by atoms with van der Waals surface area (Å²) in [6.45, 7) is 1.68. The number of amides is 1. The van der Waals surface area contributed by atoms with Crippen molar-refractivity contribution in [2.45, 2.75) is 25.0 Å². The molecule has 30 heavy (non-hydrogen) atoms. The van der Waals surface area contributed by atoms with Gasteiger partial charge in [-0.2, -0.15) is 0 Å². The fourth-order valence-electron chi connectivity index (χ4n) is 2.92. The van der Waals surface area contributed by atoms with Crippen molar-refractivity contribution >= 4 is 29.1 Å². The summed E-state index contributed by atoms with van der Waals surface area (Å²) in [6.07, 6.45) is 0.947. The molecule has 1 amide bonds. The molecule has 1 aliphatic heterocycles. The SMILES string of the molecule is CC(=O)c1ccccc1NC(=O)CCCSc1nnc(-c2ccc3c(c2)OCO3)o1. The molecule has 0 saturated heterocycles. The number of carbonyl (C=O) groups is 2. The number of aromatic nitrogens is 2. The molecule has 1 aromatic heterocycles. The summed E-state index contributed by atoms with van der Waals surface area (Å²) in [5, 5.41) is 11.3. The lowest BCUT2D eigenvalue weighted by Crippen LogP contribution is -2.13. The molecule has 1 aliphatic rings. The van der Waals surface area contributed by atoms with Gasteiger partial charge in [-0.15, -0.1) is 10.2 Å². The number of anilines is 1. The molecule has 1 N–H and O–H groups in total. The molecule has 0 unspecified atom stereocenters. The fourth-order valence-corrected chi connectivity index (χ4v) is 3.62. The maximum Gasteiger partial charge on any atom is 0.276 e. The van der Waals surface area contributed by atoms with Crippen molar-refractivity contribution in [1.82, 2.24) is 10.2 Å². The van der Waals surface area contributed by atoms with Gasteiger partial charge < -0.3 is 19.2 Å². The lowest BCUT2D eigenvalue weighted by Gasteiger charge is -2.08. The number of fused-ring (bicyclic) bond motifs is 1. The highest BCUT2D eigenvalue weighted by Crippen LogP contribution is 2.36. The smallest absolute Gasteiger partial charge is 0.276 e. The van der Waals surface area contributed by atoms with Crippen LogP contribution in [-0.4, -0.2) is 34.4 Å². The zero-order valence-electron chi connectivity index (χ0n) is 16.2. The van der Waals surface area contributed by atoms with Gasteiger partial charge in [-0.25, -0.2) is 0 Å². The van der Waals surface area contributed by atoms with E-state index in [9.17, 15) is 9.59 Å². The third kappa shape index (κ3) is 4.62. The maximum absolute atomic E-state index is 12.2. The third-order valence-electron chi connectivity index (χ3n) is 4.38. The third-order valence-corrected chi connectivity index (χ3v) is 5.28. The summed E-state index contributed by atoms with van der Waals surface area (Å²) >= 11 is 1.39. The Bertz CT molecular complexity index is 1080. The van der Waals surface area contributed by atoms with Crippen LogP contribution in [-0.2, 0) is 4.79 Å². The predicted molar refractivity (Wildman–Crippen MR) is 111 cm³/mol. The number of rotatable bonds is 8. The summed E-state index contributed by atoms with van der Waals surface area (Å²) < 4.78 is 16.3. The predicted octanol–water partition coefficient (Wildman–Crippen LogP) is 4.18. The van der Waals surface area contributed by atoms with Gasteiger partial charge in [0.25, 0.3) is 5.22 Å². The number of Topliss-reactive ketones (excluding diaryl/α,β-unsaturated/α-hetero) is 1. The zero-order valence-corrected chi connectivity index (χ0v) is 17.0. The largest absolute Gasteiger partial charge is 0.454 e. The number of benzene rings is 2. The van der Waals surface area contributed by atoms with Crippen molar-refractivity contribution in [3.63, 3.8) is 0 Å². The van der Waals surface area contributed by atoms with Crippen molar-refractivity contribution in [3.05, 3.63) is 48.0 Å². The van der Waals surface area contributed by atoms with Crippen LogP contribution in [0, 0.1) is 0 Å². The minimum Gasteiger partial charge on any atom is -0.454 e. The van der Waals surface area contributed by atoms with Crippen LogP contribution in [0.2, 0.25) is 0 Å². The number of nitrogens with one attached hydrogen (secondary N) is 1. The molecule has 0 radical (unpaired) electrons. The number of hydrogen-bond donors (Lipinski definition) is 1. The van der Waals surface area contributed by atoms with Crippen LogP contribution in [0.15, 0.2) is 52.1 Å². The van der Waals surface area contributed by atoms with E-state index >= 15 is 0 Å². The number of ketones is 1. The summed E-state index contributed by atoms with van der Waals surface area (Å²) in [7, 11) is 0. The van der Waals surface area contributed by atoms with Gasteiger partial charge in [0, 0.05) is 23.3 Å². The molecule has 3 aromatic rings. The van der Waals surface area contributed by atoms with Gasteiger partial charge in [0.15, 0.2) is 17.3 Å². The number of nitrogens with zero attached hydrogens (tertiary/aromatic N) is 2. The molecule has 4 rings (SSSR count). The first-order chi connectivity index (χ1) is 14.6. The Labute approximate surface area is 177 Å². The van der Waals surface area contributed by atoms with E-state index in [1.165, 1.54) is 18.7 Å². The topological polar surface area (TPSA) is 104 Å². The quantitative estimate of drug-likeness (QED) is 0.326. The first-order valence-electron chi connectivity index (χ1n) is 9.36. The van der Waals surface area contributed by atoms with E-state index in [0.717, 1.165) is 5.56 Å². The Morgan fingerprint density at radius 2 is 1.93 bits per heavy atom. The van der Waals surface area contributed by atoms with Gasteiger partial charge in [0.2, 0.25) is 18.6 Å². The molecule has 0 fully saturated rings. The normalized spacial score (nSPS) is 12.0. The van der Waals surface area contributed by atoms with Crippen molar-refractivity contribution < 1.29 is 23.5 Å². The number of hydrogen-bond acceptors (Lipinski definition) is 8. The average Bonchev–Trinajstić information content (AvgIpc) is 3.40. The first-order valence-corrected chi connectivity index (χ1v) is 10.3. The van der Waals surface area contributed by atoms with Gasteiger partial charge in [-0.1, -0.05) is 23.9 Å². The lowest BCUT2D eigenvalue weighted by molar-refractivity contribution is -0.116. The zero-order chi connectivity index (χ0) is 20.9. The minimum atomic E-state index is -0.143. The molecule has 0 atom stereocenters. The molecular weight excluding hydrogens is 406 g/mol. The Kier molecular flexibility index (Phi) is 5.99. The molecule has 0 bridgehead atoms. The van der Waals surface area contributed by atoms with Crippen LogP contribution in [0.1, 0.15) is 30.1 Å². The summed E-state index contributed by atoms with van der Waals surface area (Å²) in [6, 6.07) is 12.4. The molecule has 9 heteroatoms. The van der Waals surface area contributed by atoms with Gasteiger partial charge in [0.05, 0.1) is 5.69 Å². The number of para-hydroxylation sites is 1. The van der Waals surface area contributed by atoms with Crippen molar-refractivity contribution in [1.29, 1.82) is 0 Å². The van der Waals surface area contributed by atoms with Crippen molar-refractivity contribution in [2.24, 2.45) is 0 Å². The fraction of sp³-hybridized carbons (Fsp3) is 0.238. The highest BCUT2D eigenvalue weighted by molar-refractivity contribution is 7.99. The van der Waals surface area contributed by atoms with Crippen LogP contribution in [0.25, 0.3) is 11.5 Å². The van der Waals surface area contributed by atoms with E-state index in [4.69, 9.17) is 13.9 Å². The van der Waals surface area contributed by atoms with E-state index in [1.807, 2.05) is 6.07 Å². The molecule has 2 heterocycles. The van der Waals surface area contributed by atoms with Crippen LogP contribution in [0.4, 0.5) is 5.69 Å². The van der Waals surface area contributed by atoms with Crippen LogP contribution in [0.3, 0.4) is 0 Å². The molecular formula is C21H19N3O5S. The van der Waals surface area contributed by atoms with Gasteiger partial charge in [-0.3, -0.25) is 9.59 Å². The van der Waals surface area contributed by atoms with E-state index < -0.39 is 0 Å². The summed E-state index contributed by atoms with van der Waals surface area (Å²) in [4.78, 5) is 23.8. The van der Waals surface area contributed by atoms with E-state index in [2.05, 4.69) is 15.5 Å². The Hall–Kier alpha value is -3.33. The van der Waals surface area contributed by atoms with Crippen LogP contribution < -0.4 is 14.8 Å². The van der Waals surface area contributed by atoms with Gasteiger partial charge in [-0.05, 0) is 43.7 Å². The highest BCUT2D eigenvalue weighted by atomic mass is 32.2. The second-order valence-electron chi connectivity index (χ2n) is 6.54. The van der Waals surface area contributed by atoms with E-state index in [1.54, 1.807) is 36.4 Å². The maximum atomic E-state index is 12.2. The van der Waals surface area contributed by atoms with Gasteiger partial charge in [0.1, 0.15) is 0 Å². The lowest BCUT2D eigenvalue weighted by atomic mass is 10.1. The van der Waals surface area contributed by atoms with Crippen molar-refractivity contribution in [3.8, 4) is 23.0 Å². The average molecular weight is 425 g/mol. The number of carbonyl (C=O) groups excluding carboxylic acids is 2. The molecule has 2 aromatic carbocycles. The summed E-state index contributed by atoms with van der Waals surface area (Å²) in [5.41, 5.74) is 1.79. The van der Waals surface area contributed by atoms with Crippen LogP contribution >= 0.6 is 11.8 Å². The second-order valence-corrected chi connectivity index (χ2v) is 7.59. The molecule has 8 nitrogen and oxygen atoms in total. The van der Waals surface area contributed by atoms with E-state index in [0.29, 0.717) is 52.5 Å². The highest BCUT2D eigenvalue weighted by Gasteiger charge is 2.17. The second kappa shape index (κ2) is 9.00. The number of ether oxygens (including phenoxy) is 2. The molecule has 0 saturated carbocycles. The minimum absolute atomic E-state index is 0.0869. The monoisotopic (exact) mass is 425 g/mol. The van der Waals surface area contributed by atoms with E-state index in [-0.39, 0.29) is 18.5 Å². The Balaban J connectivity index is 1.25. The Morgan fingerprint density at radius 1 is 1.10 bits per heavy atom. The first kappa shape index (κ1) is 20.0. The Morgan fingerprint density at radius 3 is 2.80 bits per heavy atom. The van der Waals surface area contributed by atoms with Crippen molar-refractivity contribution in [2.75, 3.05) is 17.9 Å². The molecule has 0 spiro atoms. The standard InChI is InChI=1S/C21H19N3O5S/c1-13(25)15-5-2-3-6-16(15)22-19(26)7-4-10-30-21-24-23-20(29-21)14-8-9-17-18(11-14)28-12-27-17/h2-3,5-6,8-9,11H,4,7,10,12H2,1H3,(H,22,26). The molecule has 154 valence electrons. The molecule has 0 aliphatic carbocycles. The summed E-state index contributed by atoms with van der Waals surface area (Å²) in [5.74, 6) is 2.15. The number of thioether (sulfide) groups is 1. The van der Waals surface area contributed by atoms with Gasteiger partial charge >= 0.3 is 0 Å². The van der Waals surface area contributed by atoms with Crippen LogP contribution in [0.5, 0.6) is 11.5 Å².